The number of carboxylic acids is 1. The highest BCUT2D eigenvalue weighted by Gasteiger charge is 2.44. The Bertz CT molecular complexity index is 2770. The molecule has 1 aromatic carbocycles. The van der Waals surface area contributed by atoms with Crippen molar-refractivity contribution >= 4 is 82.9 Å². The maximum atomic E-state index is 15.4. The molecule has 11 amide bonds. The number of carbonyl (C=O) groups excluding carboxylic acids is 12. The highest BCUT2D eigenvalue weighted by molar-refractivity contribution is 6.00. The zero-order valence-corrected chi connectivity index (χ0v) is 55.0. The van der Waals surface area contributed by atoms with Crippen molar-refractivity contribution in [3.63, 3.8) is 0 Å². The second-order valence-electron chi connectivity index (χ2n) is 24.8. The molecule has 2 rings (SSSR count). The first-order valence-electron chi connectivity index (χ1n) is 31.2. The number of benzene rings is 1. The second-order valence-corrected chi connectivity index (χ2v) is 24.8. The zero-order valence-electron chi connectivity index (χ0n) is 55.0. The van der Waals surface area contributed by atoms with Crippen LogP contribution in [0.2, 0.25) is 0 Å². The van der Waals surface area contributed by atoms with Crippen LogP contribution < -0.4 is 75.3 Å². The van der Waals surface area contributed by atoms with E-state index in [4.69, 9.17) is 21.6 Å². The van der Waals surface area contributed by atoms with E-state index in [1.807, 2.05) is 29.8 Å². The number of ether oxygens (including phenoxy) is 1. The van der Waals surface area contributed by atoms with Gasteiger partial charge in [-0.25, -0.2) is 4.79 Å². The summed E-state index contributed by atoms with van der Waals surface area (Å²) in [5.74, 6) is -19.5. The molecule has 0 radical (unpaired) electrons. The predicted molar refractivity (Wildman–Crippen MR) is 337 cm³/mol. The lowest BCUT2D eigenvalue weighted by atomic mass is 9.95. The van der Waals surface area contributed by atoms with Crippen molar-refractivity contribution in [3.05, 3.63) is 35.9 Å². The summed E-state index contributed by atoms with van der Waals surface area (Å²) in [5, 5.41) is 89.7. The van der Waals surface area contributed by atoms with Gasteiger partial charge in [0.05, 0.1) is 31.4 Å². The van der Waals surface area contributed by atoms with E-state index >= 15 is 4.79 Å². The first kappa shape index (κ1) is 81.5. The van der Waals surface area contributed by atoms with Gasteiger partial charge in [-0.3, -0.25) is 62.9 Å². The van der Waals surface area contributed by atoms with E-state index < -0.39 is 205 Å². The minimum absolute atomic E-state index is 0.00206. The number of amides is 11. The molecule has 0 spiro atoms. The number of hydrogen-bond donors (Lipinski definition) is 20. The van der Waals surface area contributed by atoms with Gasteiger partial charge in [-0.05, 0) is 74.2 Å². The van der Waals surface area contributed by atoms with Crippen LogP contribution >= 0.6 is 0 Å². The summed E-state index contributed by atoms with van der Waals surface area (Å²) < 4.78 is 5.93. The molecular weight excluding hydrogens is 1230 g/mol. The number of aliphatic carboxylic acids is 1. The fourth-order valence-corrected chi connectivity index (χ4v) is 9.53. The number of aliphatic hydroxyl groups excluding tert-OH is 4. The Kier molecular flexibility index (Phi) is 34.5. The zero-order chi connectivity index (χ0) is 71.4. The van der Waals surface area contributed by atoms with E-state index in [2.05, 4.69) is 47.9 Å². The standard InChI is InChI=1S/C60H99N15O19/c1-12-31(10)41-54(88)73-42(32(11)77)53(87)65-24-39(78)71-44(47(82)58(92)66-25-40(79)80)56(90)70-38(26-76)59(93)94-48(33-17-14-13-15-18-33)45(75-52(86)37(23-29(6)7)68-49(83)34(61)21-27(2)3)57(91)74-43(46(81)30(8)9)55(89)69-36(22-28(4)5)51(85)67-35(50(84)72-41)19-16-20-64-60(62)63/h13-15,17-18,27-32,34-38,41-48,76-77,81-82H,12,16,19-26,61H2,1-11H3,(H,65,87)(H,66,92)(H,67,85)(H,68,83)(H,69,89)(H,70,90)(H,71,78)(H,72,84)(H,73,88)(H,74,91)(H,75,86)(H,79,80)(H4,62,63,64)/t31-,32-,34+,35+,36-,37-,38-,41-,42-,43-,44-,45-,46+,47-,48+/m0/s1. The number of guanidine groups is 1. The molecule has 1 aliphatic rings. The fraction of sp³-hybridized carbons (Fsp3) is 0.667. The van der Waals surface area contributed by atoms with Gasteiger partial charge in [-0.2, -0.15) is 0 Å². The third kappa shape index (κ3) is 27.2. The molecule has 1 aliphatic heterocycles. The lowest BCUT2D eigenvalue weighted by Crippen LogP contribution is -2.64. The Labute approximate surface area is 545 Å². The maximum absolute atomic E-state index is 15.4. The van der Waals surface area contributed by atoms with Gasteiger partial charge in [0.15, 0.2) is 24.2 Å². The molecule has 0 aliphatic carbocycles. The molecule has 0 saturated carbocycles. The summed E-state index contributed by atoms with van der Waals surface area (Å²) in [6.07, 6.45) is -8.42. The average Bonchev–Trinajstić information content (AvgIpc) is 0.825. The second kappa shape index (κ2) is 39.8. The number of cyclic esters (lactones) is 1. The summed E-state index contributed by atoms with van der Waals surface area (Å²) in [7, 11) is 0. The Hall–Kier alpha value is -8.60. The van der Waals surface area contributed by atoms with Crippen LogP contribution in [0.3, 0.4) is 0 Å². The highest BCUT2D eigenvalue weighted by Crippen LogP contribution is 2.25. The number of carbonyl (C=O) groups is 13. The lowest BCUT2D eigenvalue weighted by molar-refractivity contribution is -0.159. The molecule has 528 valence electrons. The van der Waals surface area contributed by atoms with E-state index in [0.717, 1.165) is 6.92 Å². The molecule has 22 N–H and O–H groups in total. The van der Waals surface area contributed by atoms with Crippen LogP contribution in [0.15, 0.2) is 30.3 Å². The summed E-state index contributed by atoms with van der Waals surface area (Å²) in [4.78, 5) is 183. The Morgan fingerprint density at radius 1 is 0.649 bits per heavy atom. The van der Waals surface area contributed by atoms with Crippen molar-refractivity contribution in [1.29, 1.82) is 5.41 Å². The number of nitrogens with one attached hydrogen (secondary N) is 13. The number of nitrogens with two attached hydrogens (primary N) is 2. The number of carboxylic acid groups (broad SMARTS) is 1. The number of rotatable bonds is 25. The van der Waals surface area contributed by atoms with Crippen LogP contribution in [0.25, 0.3) is 0 Å². The topological polar surface area (TPSA) is 553 Å². The van der Waals surface area contributed by atoms with E-state index in [0.29, 0.717) is 0 Å². The first-order valence-corrected chi connectivity index (χ1v) is 31.2. The molecular formula is C60H99N15O19. The van der Waals surface area contributed by atoms with Gasteiger partial charge in [0.25, 0.3) is 5.91 Å². The normalized spacial score (nSPS) is 24.1. The smallest absolute Gasteiger partial charge is 0.331 e. The highest BCUT2D eigenvalue weighted by atomic mass is 16.5. The van der Waals surface area contributed by atoms with Crippen molar-refractivity contribution < 1.29 is 92.6 Å². The molecule has 1 aromatic rings. The number of aliphatic hydroxyl groups is 4. The molecule has 0 aromatic heterocycles. The molecule has 1 saturated heterocycles. The van der Waals surface area contributed by atoms with E-state index in [1.165, 1.54) is 44.2 Å². The van der Waals surface area contributed by atoms with Gasteiger partial charge in [0, 0.05) is 6.54 Å². The fourth-order valence-electron chi connectivity index (χ4n) is 9.53. The Balaban J connectivity index is 3.17. The maximum Gasteiger partial charge on any atom is 0.331 e. The van der Waals surface area contributed by atoms with Gasteiger partial charge in [-0.15, -0.1) is 0 Å². The molecule has 34 nitrogen and oxygen atoms in total. The van der Waals surface area contributed by atoms with Crippen molar-refractivity contribution in [2.24, 2.45) is 41.1 Å². The predicted octanol–water partition coefficient (Wildman–Crippen LogP) is -5.51. The molecule has 34 heteroatoms. The largest absolute Gasteiger partial charge is 0.480 e. The minimum atomic E-state index is -2.72. The van der Waals surface area contributed by atoms with Crippen LogP contribution in [-0.4, -0.2) is 213 Å². The van der Waals surface area contributed by atoms with Crippen molar-refractivity contribution in [2.75, 3.05) is 26.2 Å². The quantitative estimate of drug-likeness (QED) is 0.0188. The van der Waals surface area contributed by atoms with Gasteiger partial charge in [-0.1, -0.05) is 106 Å². The summed E-state index contributed by atoms with van der Waals surface area (Å²) in [5.41, 5.74) is 11.6. The summed E-state index contributed by atoms with van der Waals surface area (Å²) >= 11 is 0. The van der Waals surface area contributed by atoms with Crippen LogP contribution in [0.1, 0.15) is 126 Å². The molecule has 15 atom stereocenters. The van der Waals surface area contributed by atoms with Crippen molar-refractivity contribution in [1.82, 2.24) is 63.8 Å². The molecule has 94 heavy (non-hydrogen) atoms. The van der Waals surface area contributed by atoms with Gasteiger partial charge in [0.1, 0.15) is 54.9 Å². The SMILES string of the molecule is CC[C@H](C)[C@@H]1NC(=O)[C@@H](CCCNC(=N)N)NC(=O)[C@H](CC(C)C)NC(=O)[C@H]([C@H](O)C(C)C)NC(=O)[C@@H](NC(=O)[C@H](CC(C)C)NC(=O)[C@H](N)CC(C)C)[C@@H](c2ccccc2)OC(=O)[C@H](CO)NC(=O)[C@H]([C@H](O)C(=O)NCC(=O)O)NC(=O)CNC(=O)[C@H]([C@H](C)O)NC1=O. The molecule has 0 unspecified atom stereocenters. The third-order valence-electron chi connectivity index (χ3n) is 14.9. The van der Waals surface area contributed by atoms with Crippen LogP contribution in [0, 0.1) is 35.0 Å². The number of hydrogen-bond acceptors (Lipinski definition) is 20. The lowest BCUT2D eigenvalue weighted by Gasteiger charge is -2.34. The van der Waals surface area contributed by atoms with E-state index in [9.17, 15) is 83.1 Å². The van der Waals surface area contributed by atoms with Gasteiger partial charge >= 0.3 is 11.9 Å². The summed E-state index contributed by atoms with van der Waals surface area (Å²) in [6.45, 7) is 14.0. The van der Waals surface area contributed by atoms with Gasteiger partial charge in [0.2, 0.25) is 59.1 Å². The van der Waals surface area contributed by atoms with Crippen molar-refractivity contribution in [3.8, 4) is 0 Å². The van der Waals surface area contributed by atoms with Crippen molar-refractivity contribution in [2.45, 2.75) is 200 Å². The number of esters is 1. The van der Waals surface area contributed by atoms with Gasteiger partial charge < -0.3 is 106 Å². The first-order chi connectivity index (χ1) is 43.9. The average molecular weight is 1330 g/mol. The molecule has 0 bridgehead atoms. The Morgan fingerprint density at radius 2 is 1.20 bits per heavy atom. The van der Waals surface area contributed by atoms with Crippen LogP contribution in [0.5, 0.6) is 0 Å². The van der Waals surface area contributed by atoms with Crippen LogP contribution in [0.4, 0.5) is 0 Å². The third-order valence-corrected chi connectivity index (χ3v) is 14.9. The van der Waals surface area contributed by atoms with E-state index in [-0.39, 0.29) is 62.5 Å². The molecule has 1 fully saturated rings. The Morgan fingerprint density at radius 3 is 1.74 bits per heavy atom. The van der Waals surface area contributed by atoms with Crippen LogP contribution in [-0.2, 0) is 67.1 Å². The van der Waals surface area contributed by atoms with E-state index in [1.54, 1.807) is 41.5 Å². The molecule has 1 heterocycles. The monoisotopic (exact) mass is 1330 g/mol. The minimum Gasteiger partial charge on any atom is -0.480 e. The summed E-state index contributed by atoms with van der Waals surface area (Å²) in [6, 6.07) is -11.3.